The lowest BCUT2D eigenvalue weighted by Gasteiger charge is -2.13. The second-order valence-corrected chi connectivity index (χ2v) is 7.08. The van der Waals surface area contributed by atoms with Crippen molar-refractivity contribution in [1.29, 1.82) is 0 Å². The van der Waals surface area contributed by atoms with Crippen LogP contribution in [0.3, 0.4) is 0 Å². The third kappa shape index (κ3) is 4.62. The van der Waals surface area contributed by atoms with Crippen LogP contribution in [0.5, 0.6) is 11.6 Å². The minimum absolute atomic E-state index is 0.0719. The highest BCUT2D eigenvalue weighted by Gasteiger charge is 2.31. The molecule has 0 amide bonds. The average molecular weight is 432 g/mol. The highest BCUT2D eigenvalue weighted by Crippen LogP contribution is 2.32. The molecule has 2 aromatic carbocycles. The van der Waals surface area contributed by atoms with E-state index >= 15 is 0 Å². The van der Waals surface area contributed by atoms with Gasteiger partial charge in [-0.25, -0.2) is 9.67 Å². The molecule has 0 saturated heterocycles. The minimum atomic E-state index is -4.73. The Hall–Kier alpha value is -3.56. The van der Waals surface area contributed by atoms with E-state index in [0.29, 0.717) is 34.8 Å². The fraction of sp³-hybridized carbons (Fsp3) is 0.286. The number of alkyl halides is 3. The van der Waals surface area contributed by atoms with E-state index in [2.05, 4.69) is 20.0 Å². The molecule has 0 aliphatic carbocycles. The zero-order valence-corrected chi connectivity index (χ0v) is 17.0. The maximum atomic E-state index is 12.3. The summed E-state index contributed by atoms with van der Waals surface area (Å²) < 4.78 is 53.9. The van der Waals surface area contributed by atoms with E-state index in [0.717, 1.165) is 11.4 Å². The molecule has 2 aromatic heterocycles. The van der Waals surface area contributed by atoms with Crippen LogP contribution in [0.2, 0.25) is 0 Å². The van der Waals surface area contributed by atoms with E-state index in [1.807, 2.05) is 26.8 Å². The van der Waals surface area contributed by atoms with Crippen LogP contribution in [0.4, 0.5) is 13.2 Å². The van der Waals surface area contributed by atoms with Gasteiger partial charge >= 0.3 is 6.36 Å². The van der Waals surface area contributed by atoms with Crippen molar-refractivity contribution >= 4 is 11.0 Å². The van der Waals surface area contributed by atoms with Crippen molar-refractivity contribution in [2.75, 3.05) is 6.61 Å². The molecule has 10 heteroatoms. The van der Waals surface area contributed by atoms with E-state index in [1.54, 1.807) is 28.9 Å². The van der Waals surface area contributed by atoms with Gasteiger partial charge in [0.25, 0.3) is 5.88 Å². The van der Waals surface area contributed by atoms with Crippen molar-refractivity contribution < 1.29 is 27.2 Å². The second-order valence-electron chi connectivity index (χ2n) is 7.08. The Labute approximate surface area is 175 Å². The quantitative estimate of drug-likeness (QED) is 0.415. The molecule has 2 heterocycles. The normalized spacial score (nSPS) is 12.8. The number of hydrogen-bond acceptors (Lipinski definition) is 6. The predicted molar refractivity (Wildman–Crippen MR) is 106 cm³/mol. The maximum absolute atomic E-state index is 12.3. The molecular weight excluding hydrogens is 413 g/mol. The standard InChI is InChI=1S/C21H19F3N4O3/c1-12(28-14(3)25-13(2)26-28)11-29-20-18-10-16(6-9-19(18)31-27-20)15-4-7-17(8-5-15)30-21(22,23)24/h4-10,12H,11H2,1-3H3. The van der Waals surface area contributed by atoms with Gasteiger partial charge in [0.1, 0.15) is 24.0 Å². The van der Waals surface area contributed by atoms with Gasteiger partial charge in [-0.05, 0) is 61.3 Å². The molecule has 0 bridgehead atoms. The van der Waals surface area contributed by atoms with E-state index in [4.69, 9.17) is 9.26 Å². The summed E-state index contributed by atoms with van der Waals surface area (Å²) in [4.78, 5) is 4.29. The van der Waals surface area contributed by atoms with Crippen LogP contribution in [-0.4, -0.2) is 32.9 Å². The molecule has 0 aliphatic rings. The van der Waals surface area contributed by atoms with Crippen LogP contribution in [0.1, 0.15) is 24.6 Å². The Kier molecular flexibility index (Phi) is 5.30. The molecule has 162 valence electrons. The molecule has 0 aliphatic heterocycles. The number of nitrogens with zero attached hydrogens (tertiary/aromatic N) is 4. The first-order valence-corrected chi connectivity index (χ1v) is 9.48. The first-order valence-electron chi connectivity index (χ1n) is 9.48. The first kappa shape index (κ1) is 20.7. The van der Waals surface area contributed by atoms with Crippen molar-refractivity contribution in [2.24, 2.45) is 0 Å². The van der Waals surface area contributed by atoms with Crippen molar-refractivity contribution in [2.45, 2.75) is 33.2 Å². The predicted octanol–water partition coefficient (Wildman–Crippen LogP) is 5.24. The molecule has 4 aromatic rings. The van der Waals surface area contributed by atoms with E-state index in [1.165, 1.54) is 12.1 Å². The van der Waals surface area contributed by atoms with E-state index < -0.39 is 6.36 Å². The number of aryl methyl sites for hydroxylation is 2. The third-order valence-corrected chi connectivity index (χ3v) is 4.64. The van der Waals surface area contributed by atoms with Crippen LogP contribution in [0, 0.1) is 13.8 Å². The number of halogens is 3. The van der Waals surface area contributed by atoms with Crippen molar-refractivity contribution in [3.05, 3.63) is 54.1 Å². The number of benzene rings is 2. The lowest BCUT2D eigenvalue weighted by atomic mass is 10.0. The highest BCUT2D eigenvalue weighted by molar-refractivity contribution is 5.87. The van der Waals surface area contributed by atoms with Crippen molar-refractivity contribution in [3.8, 4) is 22.8 Å². The highest BCUT2D eigenvalue weighted by atomic mass is 19.4. The molecule has 1 unspecified atom stereocenters. The molecule has 0 saturated carbocycles. The summed E-state index contributed by atoms with van der Waals surface area (Å²) in [6, 6.07) is 10.9. The molecule has 1 atom stereocenters. The van der Waals surface area contributed by atoms with Gasteiger partial charge in [-0.2, -0.15) is 5.10 Å². The number of fused-ring (bicyclic) bond motifs is 1. The number of rotatable bonds is 6. The van der Waals surface area contributed by atoms with Crippen LogP contribution in [0.25, 0.3) is 22.1 Å². The summed E-state index contributed by atoms with van der Waals surface area (Å²) in [6.07, 6.45) is -4.73. The van der Waals surface area contributed by atoms with Gasteiger partial charge in [0.05, 0.1) is 11.4 Å². The Morgan fingerprint density at radius 1 is 1.06 bits per heavy atom. The Morgan fingerprint density at radius 3 is 2.42 bits per heavy atom. The van der Waals surface area contributed by atoms with Gasteiger partial charge in [0, 0.05) is 0 Å². The molecule has 0 spiro atoms. The SMILES string of the molecule is Cc1nc(C)n(C(C)COc2noc3ccc(-c4ccc(OC(F)(F)F)cc4)cc23)n1. The fourth-order valence-electron chi connectivity index (χ4n) is 3.27. The minimum Gasteiger partial charge on any atom is -0.473 e. The van der Waals surface area contributed by atoms with Crippen LogP contribution >= 0.6 is 0 Å². The van der Waals surface area contributed by atoms with Crippen molar-refractivity contribution in [1.82, 2.24) is 19.9 Å². The van der Waals surface area contributed by atoms with Crippen LogP contribution in [0.15, 0.2) is 47.0 Å². The summed E-state index contributed by atoms with van der Waals surface area (Å²) in [5.74, 6) is 1.53. The zero-order chi connectivity index (χ0) is 22.2. The Bertz CT molecular complexity index is 1200. The zero-order valence-electron chi connectivity index (χ0n) is 17.0. The lowest BCUT2D eigenvalue weighted by Crippen LogP contribution is -2.17. The molecular formula is C21H19F3N4O3. The van der Waals surface area contributed by atoms with Crippen molar-refractivity contribution in [3.63, 3.8) is 0 Å². The number of hydrogen-bond donors (Lipinski definition) is 0. The summed E-state index contributed by atoms with van der Waals surface area (Å²) in [6.45, 7) is 5.96. The van der Waals surface area contributed by atoms with Gasteiger partial charge in [0.15, 0.2) is 5.58 Å². The summed E-state index contributed by atoms with van der Waals surface area (Å²) >= 11 is 0. The smallest absolute Gasteiger partial charge is 0.473 e. The first-order chi connectivity index (χ1) is 14.7. The number of ether oxygens (including phenoxy) is 2. The second kappa shape index (κ2) is 7.93. The largest absolute Gasteiger partial charge is 0.573 e. The van der Waals surface area contributed by atoms with Gasteiger partial charge in [-0.15, -0.1) is 13.2 Å². The molecule has 0 radical (unpaired) electrons. The van der Waals surface area contributed by atoms with Gasteiger partial charge in [-0.1, -0.05) is 18.2 Å². The van der Waals surface area contributed by atoms with E-state index in [9.17, 15) is 13.2 Å². The van der Waals surface area contributed by atoms with Gasteiger partial charge in [-0.3, -0.25) is 0 Å². The van der Waals surface area contributed by atoms with E-state index in [-0.39, 0.29) is 11.8 Å². The summed E-state index contributed by atoms with van der Waals surface area (Å²) in [5, 5.41) is 9.01. The average Bonchev–Trinajstić information content (AvgIpc) is 3.27. The Balaban J connectivity index is 1.53. The molecule has 31 heavy (non-hydrogen) atoms. The van der Waals surface area contributed by atoms with Gasteiger partial charge in [0.2, 0.25) is 0 Å². The summed E-state index contributed by atoms with van der Waals surface area (Å²) in [5.41, 5.74) is 2.02. The Morgan fingerprint density at radius 2 is 1.77 bits per heavy atom. The maximum Gasteiger partial charge on any atom is 0.573 e. The topological polar surface area (TPSA) is 75.2 Å². The molecule has 7 nitrogen and oxygen atoms in total. The van der Waals surface area contributed by atoms with Gasteiger partial charge < -0.3 is 14.0 Å². The fourth-order valence-corrected chi connectivity index (χ4v) is 3.27. The van der Waals surface area contributed by atoms with Crippen LogP contribution in [-0.2, 0) is 0 Å². The molecule has 4 rings (SSSR count). The lowest BCUT2D eigenvalue weighted by molar-refractivity contribution is -0.274. The molecule has 0 N–H and O–H groups in total. The monoisotopic (exact) mass is 432 g/mol. The number of aromatic nitrogens is 4. The molecule has 0 fully saturated rings. The third-order valence-electron chi connectivity index (χ3n) is 4.64. The van der Waals surface area contributed by atoms with Crippen LogP contribution < -0.4 is 9.47 Å². The summed E-state index contributed by atoms with van der Waals surface area (Å²) in [7, 11) is 0.